The van der Waals surface area contributed by atoms with Gasteiger partial charge in [0.15, 0.2) is 11.6 Å². The van der Waals surface area contributed by atoms with Crippen LogP contribution in [0.4, 0.5) is 8.78 Å². The molecule has 0 radical (unpaired) electrons. The molecule has 1 aliphatic carbocycles. The second-order valence-corrected chi connectivity index (χ2v) is 4.41. The molecule has 1 saturated carbocycles. The molecule has 0 unspecified atom stereocenters. The summed E-state index contributed by atoms with van der Waals surface area (Å²) in [6.45, 7) is 0.0279. The monoisotopic (exact) mass is 228 g/mol. The number of ether oxygens (including phenoxy) is 1. The Morgan fingerprint density at radius 3 is 2.50 bits per heavy atom. The SMILES string of the molecule is COc1cc(F)c(CC2(CO)CC2)cc1F. The number of aliphatic hydroxyl groups is 1. The average molecular weight is 228 g/mol. The van der Waals surface area contributed by atoms with Gasteiger partial charge in [-0.05, 0) is 36.3 Å². The molecule has 1 aliphatic rings. The minimum Gasteiger partial charge on any atom is -0.494 e. The quantitative estimate of drug-likeness (QED) is 0.856. The minimum absolute atomic E-state index is 0.0279. The first-order valence-electron chi connectivity index (χ1n) is 5.23. The molecule has 0 saturated heterocycles. The lowest BCUT2D eigenvalue weighted by molar-refractivity contribution is 0.210. The van der Waals surface area contributed by atoms with E-state index in [1.54, 1.807) is 0 Å². The third-order valence-corrected chi connectivity index (χ3v) is 3.18. The largest absolute Gasteiger partial charge is 0.494 e. The van der Waals surface area contributed by atoms with Crippen LogP contribution in [0.1, 0.15) is 18.4 Å². The summed E-state index contributed by atoms with van der Waals surface area (Å²) in [6.07, 6.45) is 2.13. The van der Waals surface area contributed by atoms with Crippen LogP contribution in [0, 0.1) is 17.0 Å². The maximum absolute atomic E-state index is 13.6. The van der Waals surface area contributed by atoms with E-state index in [4.69, 9.17) is 5.11 Å². The molecule has 0 heterocycles. The van der Waals surface area contributed by atoms with Crippen LogP contribution in [-0.2, 0) is 6.42 Å². The Labute approximate surface area is 92.9 Å². The molecule has 2 rings (SSSR count). The highest BCUT2D eigenvalue weighted by Crippen LogP contribution is 2.48. The van der Waals surface area contributed by atoms with E-state index in [2.05, 4.69) is 4.74 Å². The van der Waals surface area contributed by atoms with Crippen LogP contribution in [0.5, 0.6) is 5.75 Å². The van der Waals surface area contributed by atoms with Crippen molar-refractivity contribution in [2.24, 2.45) is 5.41 Å². The molecule has 2 nitrogen and oxygen atoms in total. The van der Waals surface area contributed by atoms with Crippen LogP contribution in [0.3, 0.4) is 0 Å². The average Bonchev–Trinajstić information content (AvgIpc) is 3.03. The van der Waals surface area contributed by atoms with Crippen molar-refractivity contribution in [3.63, 3.8) is 0 Å². The van der Waals surface area contributed by atoms with Gasteiger partial charge in [-0.3, -0.25) is 0 Å². The number of methoxy groups -OCH3 is 1. The summed E-state index contributed by atoms with van der Waals surface area (Å²) in [7, 11) is 1.30. The lowest BCUT2D eigenvalue weighted by Crippen LogP contribution is -2.11. The van der Waals surface area contributed by atoms with Gasteiger partial charge < -0.3 is 9.84 Å². The van der Waals surface area contributed by atoms with E-state index in [0.717, 1.165) is 25.0 Å². The Morgan fingerprint density at radius 2 is 2.00 bits per heavy atom. The van der Waals surface area contributed by atoms with Gasteiger partial charge in [0.1, 0.15) is 5.82 Å². The minimum atomic E-state index is -0.562. The highest BCUT2D eigenvalue weighted by Gasteiger charge is 2.42. The van der Waals surface area contributed by atoms with Crippen LogP contribution in [0.2, 0.25) is 0 Å². The van der Waals surface area contributed by atoms with Gasteiger partial charge in [0.25, 0.3) is 0 Å². The van der Waals surface area contributed by atoms with Crippen LogP contribution in [0.15, 0.2) is 12.1 Å². The van der Waals surface area contributed by atoms with E-state index >= 15 is 0 Å². The summed E-state index contributed by atoms with van der Waals surface area (Å²) in [5.41, 5.74) is 0.0897. The fourth-order valence-corrected chi connectivity index (χ4v) is 1.83. The van der Waals surface area contributed by atoms with Crippen molar-refractivity contribution in [2.45, 2.75) is 19.3 Å². The normalized spacial score (nSPS) is 17.2. The van der Waals surface area contributed by atoms with Gasteiger partial charge in [0, 0.05) is 12.7 Å². The molecule has 0 spiro atoms. The zero-order chi connectivity index (χ0) is 11.8. The van der Waals surface area contributed by atoms with Crippen molar-refractivity contribution < 1.29 is 18.6 Å². The topological polar surface area (TPSA) is 29.5 Å². The number of hydrogen-bond donors (Lipinski definition) is 1. The Kier molecular flexibility index (Phi) is 2.84. The molecular weight excluding hydrogens is 214 g/mol. The van der Waals surface area contributed by atoms with E-state index in [-0.39, 0.29) is 17.8 Å². The van der Waals surface area contributed by atoms with Crippen molar-refractivity contribution >= 4 is 0 Å². The Hall–Kier alpha value is -1.16. The zero-order valence-electron chi connectivity index (χ0n) is 9.09. The van der Waals surface area contributed by atoms with Crippen molar-refractivity contribution in [3.8, 4) is 5.75 Å². The fourth-order valence-electron chi connectivity index (χ4n) is 1.83. The predicted molar refractivity (Wildman–Crippen MR) is 55.4 cm³/mol. The number of benzene rings is 1. The van der Waals surface area contributed by atoms with Gasteiger partial charge in [-0.1, -0.05) is 0 Å². The molecule has 0 aliphatic heterocycles. The van der Waals surface area contributed by atoms with Crippen molar-refractivity contribution in [2.75, 3.05) is 13.7 Å². The second-order valence-electron chi connectivity index (χ2n) is 4.41. The highest BCUT2D eigenvalue weighted by molar-refractivity contribution is 5.32. The molecule has 1 fully saturated rings. The van der Waals surface area contributed by atoms with E-state index in [0.29, 0.717) is 12.0 Å². The lowest BCUT2D eigenvalue weighted by atomic mass is 9.97. The molecule has 0 amide bonds. The summed E-state index contributed by atoms with van der Waals surface area (Å²) in [6, 6.07) is 2.21. The summed E-state index contributed by atoms with van der Waals surface area (Å²) >= 11 is 0. The third-order valence-electron chi connectivity index (χ3n) is 3.18. The molecule has 1 aromatic rings. The number of hydrogen-bond acceptors (Lipinski definition) is 2. The standard InChI is InChI=1S/C12H14F2O2/c1-16-11-5-9(13)8(4-10(11)14)6-12(7-15)2-3-12/h4-5,15H,2-3,6-7H2,1H3. The van der Waals surface area contributed by atoms with Crippen LogP contribution in [0.25, 0.3) is 0 Å². The predicted octanol–water partition coefficient (Wildman–Crippen LogP) is 2.29. The summed E-state index contributed by atoms with van der Waals surface area (Å²) < 4.78 is 31.6. The van der Waals surface area contributed by atoms with Gasteiger partial charge in [-0.25, -0.2) is 8.78 Å². The molecule has 1 N–H and O–H groups in total. The first kappa shape index (κ1) is 11.3. The molecule has 4 heteroatoms. The first-order chi connectivity index (χ1) is 7.60. The maximum atomic E-state index is 13.6. The molecular formula is C12H14F2O2. The molecule has 0 bridgehead atoms. The molecule has 88 valence electrons. The van der Waals surface area contributed by atoms with E-state index in [1.165, 1.54) is 7.11 Å². The van der Waals surface area contributed by atoms with E-state index in [9.17, 15) is 8.78 Å². The van der Waals surface area contributed by atoms with Gasteiger partial charge in [0.05, 0.1) is 7.11 Å². The van der Waals surface area contributed by atoms with Gasteiger partial charge in [-0.15, -0.1) is 0 Å². The van der Waals surface area contributed by atoms with Crippen molar-refractivity contribution in [1.29, 1.82) is 0 Å². The number of halogens is 2. The summed E-state index contributed by atoms with van der Waals surface area (Å²) in [5.74, 6) is -1.12. The molecule has 16 heavy (non-hydrogen) atoms. The van der Waals surface area contributed by atoms with Gasteiger partial charge in [0.2, 0.25) is 0 Å². The zero-order valence-corrected chi connectivity index (χ0v) is 9.09. The van der Waals surface area contributed by atoms with Crippen LogP contribution >= 0.6 is 0 Å². The van der Waals surface area contributed by atoms with Crippen LogP contribution < -0.4 is 4.74 Å². The summed E-state index contributed by atoms with van der Waals surface area (Å²) in [5, 5.41) is 9.14. The second kappa shape index (κ2) is 4.01. The first-order valence-corrected chi connectivity index (χ1v) is 5.23. The van der Waals surface area contributed by atoms with E-state index < -0.39 is 11.6 Å². The van der Waals surface area contributed by atoms with E-state index in [1.807, 2.05) is 0 Å². The fraction of sp³-hybridized carbons (Fsp3) is 0.500. The van der Waals surface area contributed by atoms with Crippen LogP contribution in [-0.4, -0.2) is 18.8 Å². The van der Waals surface area contributed by atoms with Gasteiger partial charge in [-0.2, -0.15) is 0 Å². The van der Waals surface area contributed by atoms with Crippen molar-refractivity contribution in [1.82, 2.24) is 0 Å². The maximum Gasteiger partial charge on any atom is 0.165 e. The Morgan fingerprint density at radius 1 is 1.31 bits per heavy atom. The third kappa shape index (κ3) is 2.02. The van der Waals surface area contributed by atoms with Gasteiger partial charge >= 0.3 is 0 Å². The molecule has 0 atom stereocenters. The Balaban J connectivity index is 2.25. The number of rotatable bonds is 4. The Bertz CT molecular complexity index is 400. The highest BCUT2D eigenvalue weighted by atomic mass is 19.1. The smallest absolute Gasteiger partial charge is 0.165 e. The molecule has 0 aromatic heterocycles. The molecule has 1 aromatic carbocycles. The van der Waals surface area contributed by atoms with Crippen molar-refractivity contribution in [3.05, 3.63) is 29.3 Å². The number of aliphatic hydroxyl groups excluding tert-OH is 1. The lowest BCUT2D eigenvalue weighted by Gasteiger charge is -2.13. The summed E-state index contributed by atoms with van der Waals surface area (Å²) in [4.78, 5) is 0.